The van der Waals surface area contributed by atoms with Crippen molar-refractivity contribution in [2.45, 2.75) is 50.7 Å². The van der Waals surface area contributed by atoms with Crippen LogP contribution in [-0.4, -0.2) is 19.3 Å². The predicted molar refractivity (Wildman–Crippen MR) is 75.9 cm³/mol. The second-order valence-corrected chi connectivity index (χ2v) is 5.68. The van der Waals surface area contributed by atoms with E-state index in [0.29, 0.717) is 6.04 Å². The van der Waals surface area contributed by atoms with E-state index in [-0.39, 0.29) is 5.60 Å². The van der Waals surface area contributed by atoms with Crippen LogP contribution in [0.3, 0.4) is 0 Å². The quantitative estimate of drug-likeness (QED) is 0.904. The molecule has 1 aromatic rings. The summed E-state index contributed by atoms with van der Waals surface area (Å²) in [6, 6.07) is 6.48. The molecule has 1 saturated carbocycles. The van der Waals surface area contributed by atoms with Gasteiger partial charge in [-0.3, -0.25) is 0 Å². The minimum Gasteiger partial charge on any atom is -0.496 e. The molecule has 19 heavy (non-hydrogen) atoms. The Bertz CT molecular complexity index is 452. The van der Waals surface area contributed by atoms with Gasteiger partial charge in [-0.1, -0.05) is 13.0 Å². The van der Waals surface area contributed by atoms with Crippen molar-refractivity contribution >= 4 is 0 Å². The van der Waals surface area contributed by atoms with Crippen LogP contribution in [0.4, 0.5) is 0 Å². The maximum atomic E-state index is 6.38. The lowest BCUT2D eigenvalue weighted by Crippen LogP contribution is -2.42. The highest BCUT2D eigenvalue weighted by atomic mass is 16.5. The lowest BCUT2D eigenvalue weighted by atomic mass is 9.85. The molecule has 104 valence electrons. The van der Waals surface area contributed by atoms with Gasteiger partial charge in [0.05, 0.1) is 12.7 Å². The maximum absolute atomic E-state index is 6.38. The number of rotatable bonds is 3. The van der Waals surface area contributed by atoms with Gasteiger partial charge in [0.25, 0.3) is 0 Å². The minimum atomic E-state index is 0.0617. The average Bonchev–Trinajstić information content (AvgIpc) is 2.86. The van der Waals surface area contributed by atoms with E-state index in [2.05, 4.69) is 18.3 Å². The van der Waals surface area contributed by atoms with E-state index < -0.39 is 0 Å². The first kappa shape index (κ1) is 12.8. The van der Waals surface area contributed by atoms with Crippen LogP contribution in [-0.2, 0) is 0 Å². The smallest absolute Gasteiger partial charge is 0.128 e. The van der Waals surface area contributed by atoms with E-state index in [9.17, 15) is 0 Å². The van der Waals surface area contributed by atoms with E-state index in [1.165, 1.54) is 31.2 Å². The Kier molecular flexibility index (Phi) is 3.40. The van der Waals surface area contributed by atoms with Crippen molar-refractivity contribution in [3.8, 4) is 11.5 Å². The molecular weight excluding hydrogens is 238 g/mol. The second kappa shape index (κ2) is 5.04. The number of nitrogens with one attached hydrogen (secondary N) is 1. The monoisotopic (exact) mass is 261 g/mol. The Labute approximate surface area is 115 Å². The standard InChI is InChI=1S/C16H23NO2/c1-3-17-12-11-16(9-4-5-10-16)19-14-8-6-7-13(18-2)15(12)14/h6-8,12,17H,3-5,9-11H2,1-2H3. The SMILES string of the molecule is CCNC1CC2(CCCC2)Oc2cccc(OC)c21. The summed E-state index contributed by atoms with van der Waals surface area (Å²) in [5.74, 6) is 1.95. The summed E-state index contributed by atoms with van der Waals surface area (Å²) in [6.45, 7) is 3.13. The van der Waals surface area contributed by atoms with Gasteiger partial charge in [0.1, 0.15) is 17.1 Å². The predicted octanol–water partition coefficient (Wildman–Crippen LogP) is 3.44. The number of hydrogen-bond acceptors (Lipinski definition) is 3. The molecular formula is C16H23NO2. The Morgan fingerprint density at radius 2 is 2.16 bits per heavy atom. The van der Waals surface area contributed by atoms with E-state index in [4.69, 9.17) is 9.47 Å². The zero-order chi connectivity index (χ0) is 13.3. The normalized spacial score (nSPS) is 24.0. The Balaban J connectivity index is 2.00. The fourth-order valence-corrected chi connectivity index (χ4v) is 3.63. The molecule has 1 aliphatic carbocycles. The highest BCUT2D eigenvalue weighted by Crippen LogP contribution is 2.49. The van der Waals surface area contributed by atoms with Crippen LogP contribution in [0, 0.1) is 0 Å². The molecule has 3 rings (SSSR count). The number of benzene rings is 1. The summed E-state index contributed by atoms with van der Waals surface area (Å²) in [4.78, 5) is 0. The lowest BCUT2D eigenvalue weighted by molar-refractivity contribution is 0.0361. The van der Waals surface area contributed by atoms with Gasteiger partial charge in [-0.15, -0.1) is 0 Å². The van der Waals surface area contributed by atoms with Gasteiger partial charge in [0.2, 0.25) is 0 Å². The molecule has 1 spiro atoms. The van der Waals surface area contributed by atoms with Crippen molar-refractivity contribution in [2.24, 2.45) is 0 Å². The summed E-state index contributed by atoms with van der Waals surface area (Å²) < 4.78 is 11.9. The van der Waals surface area contributed by atoms with Gasteiger partial charge in [0.15, 0.2) is 0 Å². The molecule has 1 fully saturated rings. The lowest BCUT2D eigenvalue weighted by Gasteiger charge is -2.40. The fraction of sp³-hybridized carbons (Fsp3) is 0.625. The third-order valence-electron chi connectivity index (χ3n) is 4.46. The molecule has 0 bridgehead atoms. The fourth-order valence-electron chi connectivity index (χ4n) is 3.63. The largest absolute Gasteiger partial charge is 0.496 e. The van der Waals surface area contributed by atoms with Gasteiger partial charge in [-0.25, -0.2) is 0 Å². The molecule has 1 atom stereocenters. The van der Waals surface area contributed by atoms with E-state index in [1.54, 1.807) is 7.11 Å². The number of ether oxygens (including phenoxy) is 2. The summed E-state index contributed by atoms with van der Waals surface area (Å²) in [5, 5.41) is 3.61. The van der Waals surface area contributed by atoms with Crippen molar-refractivity contribution < 1.29 is 9.47 Å². The molecule has 0 aromatic heterocycles. The molecule has 0 radical (unpaired) electrons. The topological polar surface area (TPSA) is 30.5 Å². The number of hydrogen-bond donors (Lipinski definition) is 1. The highest BCUT2D eigenvalue weighted by Gasteiger charge is 2.43. The summed E-state index contributed by atoms with van der Waals surface area (Å²) in [6.07, 6.45) is 6.02. The first-order chi connectivity index (χ1) is 9.28. The van der Waals surface area contributed by atoms with E-state index in [1.807, 2.05) is 12.1 Å². The van der Waals surface area contributed by atoms with Crippen LogP contribution < -0.4 is 14.8 Å². The molecule has 0 saturated heterocycles. The molecule has 1 aromatic carbocycles. The van der Waals surface area contributed by atoms with E-state index >= 15 is 0 Å². The van der Waals surface area contributed by atoms with Crippen molar-refractivity contribution in [1.82, 2.24) is 5.32 Å². The van der Waals surface area contributed by atoms with Crippen molar-refractivity contribution in [3.63, 3.8) is 0 Å². The first-order valence-corrected chi connectivity index (χ1v) is 7.37. The molecule has 3 heteroatoms. The van der Waals surface area contributed by atoms with Gasteiger partial charge in [-0.2, -0.15) is 0 Å². The number of fused-ring (bicyclic) bond motifs is 1. The molecule has 1 heterocycles. The summed E-state index contributed by atoms with van der Waals surface area (Å²) >= 11 is 0. The number of methoxy groups -OCH3 is 1. The Hall–Kier alpha value is -1.22. The molecule has 0 amide bonds. The molecule has 1 N–H and O–H groups in total. The van der Waals surface area contributed by atoms with Crippen LogP contribution in [0.2, 0.25) is 0 Å². The molecule has 3 nitrogen and oxygen atoms in total. The van der Waals surface area contributed by atoms with Crippen LogP contribution in [0.25, 0.3) is 0 Å². The van der Waals surface area contributed by atoms with Crippen LogP contribution in [0.5, 0.6) is 11.5 Å². The minimum absolute atomic E-state index is 0.0617. The Morgan fingerprint density at radius 3 is 2.84 bits per heavy atom. The van der Waals surface area contributed by atoms with E-state index in [0.717, 1.165) is 24.5 Å². The molecule has 1 unspecified atom stereocenters. The van der Waals surface area contributed by atoms with Crippen LogP contribution in [0.1, 0.15) is 50.6 Å². The average molecular weight is 261 g/mol. The first-order valence-electron chi connectivity index (χ1n) is 7.37. The summed E-state index contributed by atoms with van der Waals surface area (Å²) in [5.41, 5.74) is 1.26. The summed E-state index contributed by atoms with van der Waals surface area (Å²) in [7, 11) is 1.73. The molecule has 2 aliphatic rings. The van der Waals surface area contributed by atoms with Crippen LogP contribution in [0.15, 0.2) is 18.2 Å². The third kappa shape index (κ3) is 2.20. The van der Waals surface area contributed by atoms with Gasteiger partial charge in [0, 0.05) is 12.5 Å². The zero-order valence-corrected chi connectivity index (χ0v) is 11.9. The van der Waals surface area contributed by atoms with Gasteiger partial charge >= 0.3 is 0 Å². The zero-order valence-electron chi connectivity index (χ0n) is 11.9. The van der Waals surface area contributed by atoms with Crippen molar-refractivity contribution in [3.05, 3.63) is 23.8 Å². The highest BCUT2D eigenvalue weighted by molar-refractivity contribution is 5.49. The van der Waals surface area contributed by atoms with Crippen molar-refractivity contribution in [2.75, 3.05) is 13.7 Å². The Morgan fingerprint density at radius 1 is 1.37 bits per heavy atom. The van der Waals surface area contributed by atoms with Crippen molar-refractivity contribution in [1.29, 1.82) is 0 Å². The maximum Gasteiger partial charge on any atom is 0.128 e. The third-order valence-corrected chi connectivity index (χ3v) is 4.46. The second-order valence-electron chi connectivity index (χ2n) is 5.68. The van der Waals surface area contributed by atoms with Crippen LogP contribution >= 0.6 is 0 Å². The van der Waals surface area contributed by atoms with Gasteiger partial charge < -0.3 is 14.8 Å². The molecule has 1 aliphatic heterocycles. The van der Waals surface area contributed by atoms with Gasteiger partial charge in [-0.05, 0) is 44.4 Å².